The number of aromatic nitrogens is 2. The van der Waals surface area contributed by atoms with Crippen molar-refractivity contribution in [1.29, 1.82) is 0 Å². The first-order valence-corrected chi connectivity index (χ1v) is 10.2. The molecule has 146 valence electrons. The second kappa shape index (κ2) is 7.82. The summed E-state index contributed by atoms with van der Waals surface area (Å²) in [6, 6.07) is 27.2. The molecule has 5 rings (SSSR count). The van der Waals surface area contributed by atoms with Crippen molar-refractivity contribution in [3.8, 4) is 0 Å². The molecular weight excluding hydrogens is 415 g/mol. The largest absolute Gasteiger partial charge is 0.337 e. The number of halogens is 2. The molecule has 0 saturated heterocycles. The highest BCUT2D eigenvalue weighted by Gasteiger charge is 2.11. The van der Waals surface area contributed by atoms with Gasteiger partial charge in [0.1, 0.15) is 0 Å². The Morgan fingerprint density at radius 3 is 1.43 bits per heavy atom. The monoisotopic (exact) mass is 430 g/mol. The van der Waals surface area contributed by atoms with Gasteiger partial charge in [0.15, 0.2) is 11.6 Å². The van der Waals surface area contributed by atoms with E-state index in [2.05, 4.69) is 22.8 Å². The highest BCUT2D eigenvalue weighted by Crippen LogP contribution is 2.30. The number of rotatable bonds is 4. The lowest BCUT2D eigenvalue weighted by Crippen LogP contribution is -2.03. The summed E-state index contributed by atoms with van der Waals surface area (Å²) >= 11 is 12.3. The molecule has 1 heterocycles. The second-order valence-electron chi connectivity index (χ2n) is 6.88. The van der Waals surface area contributed by atoms with Crippen LogP contribution in [0.15, 0.2) is 84.9 Å². The Hall–Kier alpha value is -3.34. The van der Waals surface area contributed by atoms with Crippen molar-refractivity contribution >= 4 is 68.0 Å². The van der Waals surface area contributed by atoms with Crippen molar-refractivity contribution < 1.29 is 0 Å². The van der Waals surface area contributed by atoms with E-state index in [1.54, 1.807) is 0 Å². The SMILES string of the molecule is Clc1cccc(Nc2nc3cc4ccccc4cc3nc2Nc2cccc(Cl)c2)c1. The Bertz CT molecular complexity index is 1280. The summed E-state index contributed by atoms with van der Waals surface area (Å²) in [6.07, 6.45) is 0. The highest BCUT2D eigenvalue weighted by molar-refractivity contribution is 6.31. The van der Waals surface area contributed by atoms with E-state index in [0.29, 0.717) is 21.7 Å². The first-order chi connectivity index (χ1) is 14.6. The normalized spacial score (nSPS) is 11.0. The van der Waals surface area contributed by atoms with Crippen LogP contribution in [0.1, 0.15) is 0 Å². The molecule has 6 heteroatoms. The van der Waals surface area contributed by atoms with Gasteiger partial charge in [0.05, 0.1) is 11.0 Å². The predicted octanol–water partition coefficient (Wildman–Crippen LogP) is 7.58. The number of hydrogen-bond acceptors (Lipinski definition) is 4. The average molecular weight is 431 g/mol. The van der Waals surface area contributed by atoms with Gasteiger partial charge in [-0.2, -0.15) is 0 Å². The molecule has 0 aliphatic carbocycles. The van der Waals surface area contributed by atoms with E-state index in [1.165, 1.54) is 0 Å². The van der Waals surface area contributed by atoms with E-state index in [-0.39, 0.29) is 0 Å². The number of nitrogens with zero attached hydrogens (tertiary/aromatic N) is 2. The Kier molecular flexibility index (Phi) is 4.87. The van der Waals surface area contributed by atoms with Gasteiger partial charge in [0.25, 0.3) is 0 Å². The van der Waals surface area contributed by atoms with E-state index >= 15 is 0 Å². The Labute approximate surface area is 183 Å². The number of anilines is 4. The Morgan fingerprint density at radius 2 is 1.00 bits per heavy atom. The van der Waals surface area contributed by atoms with E-state index in [1.807, 2.05) is 72.8 Å². The number of fused-ring (bicyclic) bond motifs is 2. The van der Waals surface area contributed by atoms with Gasteiger partial charge in [0.2, 0.25) is 0 Å². The molecule has 0 radical (unpaired) electrons. The molecule has 5 aromatic rings. The maximum absolute atomic E-state index is 6.15. The van der Waals surface area contributed by atoms with Crippen LogP contribution in [0.3, 0.4) is 0 Å². The molecule has 2 N–H and O–H groups in total. The molecule has 4 aromatic carbocycles. The van der Waals surface area contributed by atoms with Crippen LogP contribution in [0.5, 0.6) is 0 Å². The van der Waals surface area contributed by atoms with Crippen molar-refractivity contribution in [2.45, 2.75) is 0 Å². The fourth-order valence-electron chi connectivity index (χ4n) is 3.32. The minimum atomic E-state index is 0.597. The van der Waals surface area contributed by atoms with E-state index in [4.69, 9.17) is 33.2 Å². The molecule has 0 unspecified atom stereocenters. The van der Waals surface area contributed by atoms with Crippen molar-refractivity contribution in [2.24, 2.45) is 0 Å². The van der Waals surface area contributed by atoms with Gasteiger partial charge in [-0.1, -0.05) is 59.6 Å². The number of benzene rings is 4. The van der Waals surface area contributed by atoms with Crippen LogP contribution in [0.4, 0.5) is 23.0 Å². The first kappa shape index (κ1) is 18.7. The van der Waals surface area contributed by atoms with Gasteiger partial charge >= 0.3 is 0 Å². The minimum Gasteiger partial charge on any atom is -0.337 e. The molecule has 4 nitrogen and oxygen atoms in total. The van der Waals surface area contributed by atoms with Crippen molar-refractivity contribution in [3.63, 3.8) is 0 Å². The third-order valence-electron chi connectivity index (χ3n) is 4.71. The fraction of sp³-hybridized carbons (Fsp3) is 0. The van der Waals surface area contributed by atoms with Crippen LogP contribution in [0.2, 0.25) is 10.0 Å². The predicted molar refractivity (Wildman–Crippen MR) is 127 cm³/mol. The molecule has 0 saturated carbocycles. The maximum Gasteiger partial charge on any atom is 0.174 e. The topological polar surface area (TPSA) is 49.8 Å². The van der Waals surface area contributed by atoms with Crippen LogP contribution in [-0.2, 0) is 0 Å². The minimum absolute atomic E-state index is 0.597. The van der Waals surface area contributed by atoms with E-state index in [9.17, 15) is 0 Å². The average Bonchev–Trinajstić information content (AvgIpc) is 2.73. The third kappa shape index (κ3) is 3.88. The molecule has 1 aromatic heterocycles. The van der Waals surface area contributed by atoms with Gasteiger partial charge in [-0.3, -0.25) is 0 Å². The zero-order valence-corrected chi connectivity index (χ0v) is 17.2. The molecule has 0 fully saturated rings. The van der Waals surface area contributed by atoms with Gasteiger partial charge in [-0.15, -0.1) is 0 Å². The molecule has 0 spiro atoms. The zero-order valence-electron chi connectivity index (χ0n) is 15.7. The van der Waals surface area contributed by atoms with Crippen LogP contribution in [0.25, 0.3) is 21.8 Å². The standard InChI is InChI=1S/C24H16Cl2N4/c25-17-7-3-9-19(13-17)27-23-24(28-20-10-4-8-18(26)14-20)30-22-12-16-6-2-1-5-15(16)11-21(22)29-23/h1-14H,(H,27,29)(H,28,30). The number of hydrogen-bond donors (Lipinski definition) is 2. The molecular formula is C24H16Cl2N4. The lowest BCUT2D eigenvalue weighted by molar-refractivity contribution is 1.27. The quantitative estimate of drug-likeness (QED) is 0.288. The van der Waals surface area contributed by atoms with E-state index in [0.717, 1.165) is 33.2 Å². The van der Waals surface area contributed by atoms with Gasteiger partial charge in [0, 0.05) is 21.4 Å². The summed E-state index contributed by atoms with van der Waals surface area (Å²) in [5.74, 6) is 1.19. The van der Waals surface area contributed by atoms with E-state index < -0.39 is 0 Å². The molecule has 30 heavy (non-hydrogen) atoms. The van der Waals surface area contributed by atoms with Crippen LogP contribution in [0, 0.1) is 0 Å². The first-order valence-electron chi connectivity index (χ1n) is 9.40. The number of nitrogens with one attached hydrogen (secondary N) is 2. The van der Waals surface area contributed by atoms with Crippen molar-refractivity contribution in [1.82, 2.24) is 9.97 Å². The third-order valence-corrected chi connectivity index (χ3v) is 5.18. The van der Waals surface area contributed by atoms with Crippen molar-refractivity contribution in [3.05, 3.63) is 95.0 Å². The zero-order chi connectivity index (χ0) is 20.5. The van der Waals surface area contributed by atoms with Crippen LogP contribution >= 0.6 is 23.2 Å². The fourth-order valence-corrected chi connectivity index (χ4v) is 3.70. The molecule has 0 aliphatic rings. The highest BCUT2D eigenvalue weighted by atomic mass is 35.5. The smallest absolute Gasteiger partial charge is 0.174 e. The molecule has 0 aliphatic heterocycles. The van der Waals surface area contributed by atoms with Gasteiger partial charge in [-0.05, 0) is 59.3 Å². The second-order valence-corrected chi connectivity index (χ2v) is 7.75. The van der Waals surface area contributed by atoms with Gasteiger partial charge in [-0.25, -0.2) is 9.97 Å². The summed E-state index contributed by atoms with van der Waals surface area (Å²) < 4.78 is 0. The lowest BCUT2D eigenvalue weighted by Gasteiger charge is -2.14. The summed E-state index contributed by atoms with van der Waals surface area (Å²) in [6.45, 7) is 0. The lowest BCUT2D eigenvalue weighted by atomic mass is 10.1. The summed E-state index contributed by atoms with van der Waals surface area (Å²) in [5.41, 5.74) is 3.25. The molecule has 0 atom stereocenters. The summed E-state index contributed by atoms with van der Waals surface area (Å²) in [5, 5.41) is 10.2. The Morgan fingerprint density at radius 1 is 0.533 bits per heavy atom. The van der Waals surface area contributed by atoms with Crippen LogP contribution < -0.4 is 10.6 Å². The van der Waals surface area contributed by atoms with Crippen LogP contribution in [-0.4, -0.2) is 9.97 Å². The van der Waals surface area contributed by atoms with Gasteiger partial charge < -0.3 is 10.6 Å². The Balaban J connectivity index is 1.65. The molecule has 0 amide bonds. The maximum atomic E-state index is 6.15. The molecule has 0 bridgehead atoms. The summed E-state index contributed by atoms with van der Waals surface area (Å²) in [4.78, 5) is 9.71. The van der Waals surface area contributed by atoms with Crippen molar-refractivity contribution in [2.75, 3.05) is 10.6 Å². The summed E-state index contributed by atoms with van der Waals surface area (Å²) in [7, 11) is 0.